The fraction of sp³-hybridized carbons (Fsp3) is 0. The molecule has 3 aromatic rings. The zero-order valence-corrected chi connectivity index (χ0v) is 11.0. The van der Waals surface area contributed by atoms with Crippen molar-refractivity contribution >= 4 is 16.5 Å². The van der Waals surface area contributed by atoms with Crippen LogP contribution in [0.5, 0.6) is 11.5 Å². The first kappa shape index (κ1) is 12.9. The fourth-order valence-corrected chi connectivity index (χ4v) is 2.17. The van der Waals surface area contributed by atoms with E-state index in [0.29, 0.717) is 17.0 Å². The molecule has 0 radical (unpaired) electrons. The highest BCUT2D eigenvalue weighted by atomic mass is 19.1. The molecule has 21 heavy (non-hydrogen) atoms. The van der Waals surface area contributed by atoms with Gasteiger partial charge in [0, 0.05) is 16.8 Å². The van der Waals surface area contributed by atoms with E-state index in [2.05, 4.69) is 6.07 Å². The molecule has 3 nitrogen and oxygen atoms in total. The average molecular weight is 278 g/mol. The maximum atomic E-state index is 13.3. The summed E-state index contributed by atoms with van der Waals surface area (Å²) in [6.07, 6.45) is 0. The van der Waals surface area contributed by atoms with Crippen LogP contribution < -0.4 is 10.5 Å². The molecule has 0 saturated carbocycles. The average Bonchev–Trinajstić information content (AvgIpc) is 2.51. The van der Waals surface area contributed by atoms with Crippen LogP contribution in [0.25, 0.3) is 10.8 Å². The molecule has 4 heteroatoms. The van der Waals surface area contributed by atoms with Gasteiger partial charge in [-0.1, -0.05) is 24.3 Å². The molecule has 0 aliphatic heterocycles. The smallest absolute Gasteiger partial charge is 0.153 e. The molecular formula is C17H11FN2O. The second-order valence-electron chi connectivity index (χ2n) is 4.55. The summed E-state index contributed by atoms with van der Waals surface area (Å²) < 4.78 is 19.0. The second-order valence-corrected chi connectivity index (χ2v) is 4.55. The second kappa shape index (κ2) is 5.14. The van der Waals surface area contributed by atoms with Crippen LogP contribution in [0, 0.1) is 17.1 Å². The monoisotopic (exact) mass is 278 g/mol. The third-order valence-electron chi connectivity index (χ3n) is 3.20. The number of nitrogens with two attached hydrogens (primary N) is 1. The van der Waals surface area contributed by atoms with Gasteiger partial charge in [-0.25, -0.2) is 4.39 Å². The Bertz CT molecular complexity index is 868. The molecule has 2 N–H and O–H groups in total. The third kappa shape index (κ3) is 2.37. The quantitative estimate of drug-likeness (QED) is 0.714. The van der Waals surface area contributed by atoms with Gasteiger partial charge in [-0.2, -0.15) is 5.26 Å². The van der Waals surface area contributed by atoms with Crippen LogP contribution in [0.1, 0.15) is 5.56 Å². The predicted molar refractivity (Wildman–Crippen MR) is 79.5 cm³/mol. The minimum Gasteiger partial charge on any atom is -0.454 e. The fourth-order valence-electron chi connectivity index (χ4n) is 2.17. The summed E-state index contributed by atoms with van der Waals surface area (Å²) in [4.78, 5) is 0. The molecule has 0 aromatic heterocycles. The van der Waals surface area contributed by atoms with Gasteiger partial charge in [-0.3, -0.25) is 0 Å². The van der Waals surface area contributed by atoms with E-state index in [1.54, 1.807) is 12.1 Å². The SMILES string of the molecule is N#Cc1ccc(Oc2cc(F)ccc2N)c2ccccc12. The highest BCUT2D eigenvalue weighted by Crippen LogP contribution is 2.34. The van der Waals surface area contributed by atoms with E-state index in [1.807, 2.05) is 24.3 Å². The van der Waals surface area contributed by atoms with Crippen LogP contribution in [0.15, 0.2) is 54.6 Å². The summed E-state index contributed by atoms with van der Waals surface area (Å²) >= 11 is 0. The first-order chi connectivity index (χ1) is 10.2. The zero-order chi connectivity index (χ0) is 14.8. The maximum absolute atomic E-state index is 13.3. The third-order valence-corrected chi connectivity index (χ3v) is 3.20. The lowest BCUT2D eigenvalue weighted by Gasteiger charge is -2.11. The Balaban J connectivity index is 2.14. The number of nitrogens with zero attached hydrogens (tertiary/aromatic N) is 1. The minimum atomic E-state index is -0.419. The largest absolute Gasteiger partial charge is 0.454 e. The van der Waals surface area contributed by atoms with Crippen LogP contribution in [0.2, 0.25) is 0 Å². The van der Waals surface area contributed by atoms with Crippen molar-refractivity contribution in [3.63, 3.8) is 0 Å². The Hall–Kier alpha value is -3.06. The lowest BCUT2D eigenvalue weighted by molar-refractivity contribution is 0.484. The number of anilines is 1. The van der Waals surface area contributed by atoms with Crippen molar-refractivity contribution < 1.29 is 9.13 Å². The van der Waals surface area contributed by atoms with Gasteiger partial charge in [0.25, 0.3) is 0 Å². The van der Waals surface area contributed by atoms with Gasteiger partial charge in [0.05, 0.1) is 17.3 Å². The molecule has 102 valence electrons. The van der Waals surface area contributed by atoms with Crippen LogP contribution in [0.4, 0.5) is 10.1 Å². The molecule has 0 amide bonds. The Morgan fingerprint density at radius 2 is 1.71 bits per heavy atom. The van der Waals surface area contributed by atoms with E-state index in [0.717, 1.165) is 10.8 Å². The Morgan fingerprint density at radius 1 is 0.952 bits per heavy atom. The van der Waals surface area contributed by atoms with Crippen molar-refractivity contribution in [3.8, 4) is 17.6 Å². The number of ether oxygens (including phenoxy) is 1. The van der Waals surface area contributed by atoms with Crippen molar-refractivity contribution in [1.82, 2.24) is 0 Å². The molecule has 0 atom stereocenters. The van der Waals surface area contributed by atoms with Crippen molar-refractivity contribution in [2.75, 3.05) is 5.73 Å². The van der Waals surface area contributed by atoms with E-state index < -0.39 is 5.82 Å². The highest BCUT2D eigenvalue weighted by molar-refractivity contribution is 5.93. The van der Waals surface area contributed by atoms with Crippen molar-refractivity contribution in [2.45, 2.75) is 0 Å². The lowest BCUT2D eigenvalue weighted by Crippen LogP contribution is -1.94. The maximum Gasteiger partial charge on any atom is 0.153 e. The predicted octanol–water partition coefficient (Wildman–Crippen LogP) is 4.23. The summed E-state index contributed by atoms with van der Waals surface area (Å²) in [5.74, 6) is 0.365. The van der Waals surface area contributed by atoms with E-state index in [4.69, 9.17) is 15.7 Å². The molecule has 3 rings (SSSR count). The van der Waals surface area contributed by atoms with Gasteiger partial charge in [0.15, 0.2) is 5.75 Å². The molecule has 0 aliphatic carbocycles. The number of nitriles is 1. The molecule has 0 heterocycles. The number of nitrogen functional groups attached to an aromatic ring is 1. The van der Waals surface area contributed by atoms with Crippen molar-refractivity contribution in [3.05, 3.63) is 66.0 Å². The van der Waals surface area contributed by atoms with Crippen molar-refractivity contribution in [1.29, 1.82) is 5.26 Å². The Kier molecular flexibility index (Phi) is 3.17. The van der Waals surface area contributed by atoms with E-state index in [-0.39, 0.29) is 5.75 Å². The number of hydrogen-bond donors (Lipinski definition) is 1. The van der Waals surface area contributed by atoms with Crippen molar-refractivity contribution in [2.24, 2.45) is 0 Å². The first-order valence-electron chi connectivity index (χ1n) is 6.34. The van der Waals surface area contributed by atoms with Gasteiger partial charge in [-0.05, 0) is 24.3 Å². The lowest BCUT2D eigenvalue weighted by atomic mass is 10.0. The standard InChI is InChI=1S/C17H11FN2O/c18-12-6-7-15(20)17(9-12)21-16-8-5-11(10-19)13-3-1-2-4-14(13)16/h1-9H,20H2. The number of halogens is 1. The topological polar surface area (TPSA) is 59.0 Å². The van der Waals surface area contributed by atoms with Crippen LogP contribution in [-0.2, 0) is 0 Å². The molecule has 0 spiro atoms. The van der Waals surface area contributed by atoms with Gasteiger partial charge in [0.2, 0.25) is 0 Å². The van der Waals surface area contributed by atoms with Crippen LogP contribution in [-0.4, -0.2) is 0 Å². The molecule has 0 bridgehead atoms. The van der Waals surface area contributed by atoms with Crippen LogP contribution in [0.3, 0.4) is 0 Å². The summed E-state index contributed by atoms with van der Waals surface area (Å²) in [6.45, 7) is 0. The van der Waals surface area contributed by atoms with Gasteiger partial charge in [-0.15, -0.1) is 0 Å². The molecule has 3 aromatic carbocycles. The zero-order valence-electron chi connectivity index (χ0n) is 11.0. The molecule has 0 fully saturated rings. The summed E-state index contributed by atoms with van der Waals surface area (Å²) in [5.41, 5.74) is 6.71. The normalized spacial score (nSPS) is 10.3. The van der Waals surface area contributed by atoms with Gasteiger partial charge in [0.1, 0.15) is 11.6 Å². The summed E-state index contributed by atoms with van der Waals surface area (Å²) in [6, 6.07) is 16.9. The Labute approximate surface area is 121 Å². The summed E-state index contributed by atoms with van der Waals surface area (Å²) in [7, 11) is 0. The summed E-state index contributed by atoms with van der Waals surface area (Å²) in [5, 5.41) is 10.7. The highest BCUT2D eigenvalue weighted by Gasteiger charge is 2.09. The number of fused-ring (bicyclic) bond motifs is 1. The Morgan fingerprint density at radius 3 is 2.48 bits per heavy atom. The minimum absolute atomic E-state index is 0.255. The molecule has 0 unspecified atom stereocenters. The molecular weight excluding hydrogens is 267 g/mol. The number of rotatable bonds is 2. The van der Waals surface area contributed by atoms with Crippen LogP contribution >= 0.6 is 0 Å². The first-order valence-corrected chi connectivity index (χ1v) is 6.34. The number of hydrogen-bond acceptors (Lipinski definition) is 3. The van der Waals surface area contributed by atoms with Gasteiger partial charge < -0.3 is 10.5 Å². The molecule has 0 aliphatic rings. The number of benzene rings is 3. The van der Waals surface area contributed by atoms with E-state index in [1.165, 1.54) is 18.2 Å². The molecule has 0 saturated heterocycles. The van der Waals surface area contributed by atoms with E-state index >= 15 is 0 Å². The van der Waals surface area contributed by atoms with E-state index in [9.17, 15) is 4.39 Å². The van der Waals surface area contributed by atoms with Gasteiger partial charge >= 0.3 is 0 Å².